The van der Waals surface area contributed by atoms with Crippen molar-refractivity contribution >= 4 is 6.29 Å². The Hall–Kier alpha value is -1.35. The van der Waals surface area contributed by atoms with Crippen LogP contribution in [-0.2, 0) is 14.9 Å². The van der Waals surface area contributed by atoms with Crippen LogP contribution in [0.5, 0.6) is 5.75 Å². The summed E-state index contributed by atoms with van der Waals surface area (Å²) in [5, 5.41) is 0. The highest BCUT2D eigenvalue weighted by atomic mass is 16.5. The maximum atomic E-state index is 11.3. The van der Waals surface area contributed by atoms with E-state index in [-0.39, 0.29) is 0 Å². The lowest BCUT2D eigenvalue weighted by atomic mass is 9.78. The van der Waals surface area contributed by atoms with Gasteiger partial charge in [-0.3, -0.25) is 0 Å². The predicted molar refractivity (Wildman–Crippen MR) is 61.0 cm³/mol. The van der Waals surface area contributed by atoms with E-state index in [1.54, 1.807) is 7.11 Å². The summed E-state index contributed by atoms with van der Waals surface area (Å²) in [4.78, 5) is 11.3. The van der Waals surface area contributed by atoms with Gasteiger partial charge in [0, 0.05) is 5.56 Å². The van der Waals surface area contributed by atoms with E-state index in [1.807, 2.05) is 19.9 Å². The van der Waals surface area contributed by atoms with Crippen LogP contribution in [0.4, 0.5) is 0 Å². The average molecular weight is 220 g/mol. The molecule has 1 aliphatic heterocycles. The van der Waals surface area contributed by atoms with E-state index in [9.17, 15) is 4.79 Å². The van der Waals surface area contributed by atoms with Gasteiger partial charge in [-0.2, -0.15) is 0 Å². The molecule has 86 valence electrons. The highest BCUT2D eigenvalue weighted by molar-refractivity contribution is 5.73. The molecular weight excluding hydrogens is 204 g/mol. The number of methoxy groups -OCH3 is 1. The molecule has 16 heavy (non-hydrogen) atoms. The SMILES string of the molecule is COc1c(C)cc(C)cc1C1(C=O)COC1. The first kappa shape index (κ1) is 11.1. The molecule has 1 saturated heterocycles. The maximum Gasteiger partial charge on any atom is 0.135 e. The summed E-state index contributed by atoms with van der Waals surface area (Å²) >= 11 is 0. The second-order valence-electron chi connectivity index (χ2n) is 4.43. The van der Waals surface area contributed by atoms with E-state index in [0.29, 0.717) is 13.2 Å². The van der Waals surface area contributed by atoms with Gasteiger partial charge in [-0.25, -0.2) is 0 Å². The third kappa shape index (κ3) is 1.52. The number of hydrogen-bond donors (Lipinski definition) is 0. The van der Waals surface area contributed by atoms with Crippen LogP contribution in [-0.4, -0.2) is 26.6 Å². The highest BCUT2D eigenvalue weighted by Gasteiger charge is 2.42. The Morgan fingerprint density at radius 2 is 2.06 bits per heavy atom. The first-order valence-corrected chi connectivity index (χ1v) is 5.33. The molecule has 0 bridgehead atoms. The lowest BCUT2D eigenvalue weighted by molar-refractivity contribution is -0.130. The van der Waals surface area contributed by atoms with Gasteiger partial charge in [0.1, 0.15) is 17.5 Å². The molecule has 1 fully saturated rings. The average Bonchev–Trinajstić information content (AvgIpc) is 2.16. The van der Waals surface area contributed by atoms with E-state index in [0.717, 1.165) is 28.7 Å². The minimum Gasteiger partial charge on any atom is -0.496 e. The molecule has 0 atom stereocenters. The second-order valence-corrected chi connectivity index (χ2v) is 4.43. The van der Waals surface area contributed by atoms with Crippen molar-refractivity contribution in [3.8, 4) is 5.75 Å². The normalized spacial score (nSPS) is 17.7. The molecule has 0 aromatic heterocycles. The number of rotatable bonds is 3. The van der Waals surface area contributed by atoms with Gasteiger partial charge in [-0.05, 0) is 19.4 Å². The molecule has 2 rings (SSSR count). The fourth-order valence-electron chi connectivity index (χ4n) is 2.20. The van der Waals surface area contributed by atoms with E-state index in [4.69, 9.17) is 9.47 Å². The predicted octanol–water partition coefficient (Wildman–Crippen LogP) is 1.78. The molecule has 0 aliphatic carbocycles. The molecule has 0 radical (unpaired) electrons. The zero-order valence-electron chi connectivity index (χ0n) is 9.87. The van der Waals surface area contributed by atoms with Crippen LogP contribution in [0.2, 0.25) is 0 Å². The smallest absolute Gasteiger partial charge is 0.135 e. The summed E-state index contributed by atoms with van der Waals surface area (Å²) < 4.78 is 10.6. The number of aryl methyl sites for hydroxylation is 2. The Morgan fingerprint density at radius 3 is 2.50 bits per heavy atom. The van der Waals surface area contributed by atoms with Gasteiger partial charge < -0.3 is 14.3 Å². The third-order valence-corrected chi connectivity index (χ3v) is 3.10. The Bertz CT molecular complexity index is 419. The molecule has 1 aliphatic rings. The lowest BCUT2D eigenvalue weighted by Crippen LogP contribution is -2.48. The van der Waals surface area contributed by atoms with E-state index in [2.05, 4.69) is 6.07 Å². The zero-order valence-corrected chi connectivity index (χ0v) is 9.87. The molecule has 0 unspecified atom stereocenters. The van der Waals surface area contributed by atoms with Crippen LogP contribution < -0.4 is 4.74 Å². The van der Waals surface area contributed by atoms with Crippen LogP contribution in [0, 0.1) is 13.8 Å². The van der Waals surface area contributed by atoms with Gasteiger partial charge in [0.05, 0.1) is 20.3 Å². The Labute approximate surface area is 95.4 Å². The molecule has 0 amide bonds. The summed E-state index contributed by atoms with van der Waals surface area (Å²) in [7, 11) is 1.64. The monoisotopic (exact) mass is 220 g/mol. The van der Waals surface area contributed by atoms with Gasteiger partial charge in [0.2, 0.25) is 0 Å². The van der Waals surface area contributed by atoms with Gasteiger partial charge >= 0.3 is 0 Å². The number of aldehydes is 1. The van der Waals surface area contributed by atoms with Crippen molar-refractivity contribution in [1.29, 1.82) is 0 Å². The van der Waals surface area contributed by atoms with E-state index < -0.39 is 5.41 Å². The van der Waals surface area contributed by atoms with Gasteiger partial charge in [0.25, 0.3) is 0 Å². The van der Waals surface area contributed by atoms with Crippen molar-refractivity contribution in [2.45, 2.75) is 19.3 Å². The van der Waals surface area contributed by atoms with Crippen molar-refractivity contribution in [3.63, 3.8) is 0 Å². The zero-order chi connectivity index (χ0) is 11.8. The molecule has 0 N–H and O–H groups in total. The largest absolute Gasteiger partial charge is 0.496 e. The second kappa shape index (κ2) is 3.91. The fourth-order valence-corrected chi connectivity index (χ4v) is 2.20. The molecule has 0 saturated carbocycles. The standard InChI is InChI=1S/C13H16O3/c1-9-4-10(2)12(15-3)11(5-9)13(6-14)7-16-8-13/h4-6H,7-8H2,1-3H3. The lowest BCUT2D eigenvalue weighted by Gasteiger charge is -2.38. The Morgan fingerprint density at radius 1 is 1.38 bits per heavy atom. The number of carbonyl (C=O) groups excluding carboxylic acids is 1. The number of benzene rings is 1. The van der Waals surface area contributed by atoms with Crippen LogP contribution >= 0.6 is 0 Å². The van der Waals surface area contributed by atoms with Crippen molar-refractivity contribution in [1.82, 2.24) is 0 Å². The molecule has 1 heterocycles. The van der Waals surface area contributed by atoms with Gasteiger partial charge in [0.15, 0.2) is 0 Å². The van der Waals surface area contributed by atoms with Crippen molar-refractivity contribution < 1.29 is 14.3 Å². The van der Waals surface area contributed by atoms with E-state index >= 15 is 0 Å². The van der Waals surface area contributed by atoms with Crippen LogP contribution in [0.1, 0.15) is 16.7 Å². The molecule has 3 nitrogen and oxygen atoms in total. The summed E-state index contributed by atoms with van der Waals surface area (Å²) in [5.74, 6) is 0.806. The van der Waals surface area contributed by atoms with Crippen LogP contribution in [0.15, 0.2) is 12.1 Å². The van der Waals surface area contributed by atoms with E-state index in [1.165, 1.54) is 0 Å². The quantitative estimate of drug-likeness (QED) is 0.728. The summed E-state index contributed by atoms with van der Waals surface area (Å²) in [5.41, 5.74) is 2.66. The van der Waals surface area contributed by atoms with Crippen LogP contribution in [0.3, 0.4) is 0 Å². The van der Waals surface area contributed by atoms with Crippen molar-refractivity contribution in [3.05, 3.63) is 28.8 Å². The first-order chi connectivity index (χ1) is 7.63. The summed E-state index contributed by atoms with van der Waals surface area (Å²) in [6, 6.07) is 4.07. The van der Waals surface area contributed by atoms with Gasteiger partial charge in [-0.1, -0.05) is 17.7 Å². The molecule has 3 heteroatoms. The third-order valence-electron chi connectivity index (χ3n) is 3.10. The minimum absolute atomic E-state index is 0.454. The molecule has 1 aromatic rings. The highest BCUT2D eigenvalue weighted by Crippen LogP contribution is 2.38. The minimum atomic E-state index is -0.498. The summed E-state index contributed by atoms with van der Waals surface area (Å²) in [6.45, 7) is 4.92. The maximum absolute atomic E-state index is 11.3. The van der Waals surface area contributed by atoms with Crippen molar-refractivity contribution in [2.75, 3.05) is 20.3 Å². The van der Waals surface area contributed by atoms with Crippen LogP contribution in [0.25, 0.3) is 0 Å². The number of hydrogen-bond acceptors (Lipinski definition) is 3. The molecular formula is C13H16O3. The topological polar surface area (TPSA) is 35.5 Å². The number of ether oxygens (including phenoxy) is 2. The Kier molecular flexibility index (Phi) is 2.72. The van der Waals surface area contributed by atoms with Crippen molar-refractivity contribution in [2.24, 2.45) is 0 Å². The Balaban J connectivity index is 2.58. The number of carbonyl (C=O) groups is 1. The first-order valence-electron chi connectivity index (χ1n) is 5.33. The summed E-state index contributed by atoms with van der Waals surface area (Å²) in [6.07, 6.45) is 0.979. The molecule has 1 aromatic carbocycles. The molecule has 0 spiro atoms. The fraction of sp³-hybridized carbons (Fsp3) is 0.462. The van der Waals surface area contributed by atoms with Gasteiger partial charge in [-0.15, -0.1) is 0 Å².